The minimum Gasteiger partial charge on any atom is -0.494 e. The van der Waals surface area contributed by atoms with Crippen LogP contribution in [-0.4, -0.2) is 22.8 Å². The summed E-state index contributed by atoms with van der Waals surface area (Å²) in [5.41, 5.74) is 1.58. The van der Waals surface area contributed by atoms with Crippen molar-refractivity contribution in [2.75, 3.05) is 17.2 Å². The highest BCUT2D eigenvalue weighted by Gasteiger charge is 2.10. The topological polar surface area (TPSA) is 85.4 Å². The number of aromatic nitrogens is 2. The normalized spacial score (nSPS) is 10.4. The molecule has 0 aliphatic carbocycles. The second-order valence-electron chi connectivity index (χ2n) is 5.74. The quantitative estimate of drug-likeness (QED) is 0.556. The van der Waals surface area contributed by atoms with Crippen LogP contribution in [0.25, 0.3) is 0 Å². The summed E-state index contributed by atoms with van der Waals surface area (Å²) in [6.07, 6.45) is 0. The van der Waals surface area contributed by atoms with Crippen LogP contribution in [0.4, 0.5) is 15.6 Å². The second-order valence-corrected chi connectivity index (χ2v) is 7.23. The van der Waals surface area contributed by atoms with Gasteiger partial charge in [0.1, 0.15) is 18.1 Å². The molecular weight excluding hydrogens is 400 g/mol. The van der Waals surface area contributed by atoms with E-state index in [9.17, 15) is 4.79 Å². The molecule has 0 saturated heterocycles. The third-order valence-electron chi connectivity index (χ3n) is 3.60. The van der Waals surface area contributed by atoms with Crippen molar-refractivity contribution in [3.05, 3.63) is 58.1 Å². The molecule has 0 bridgehead atoms. The zero-order chi connectivity index (χ0) is 19.9. The van der Waals surface area contributed by atoms with Crippen molar-refractivity contribution < 1.29 is 14.3 Å². The van der Waals surface area contributed by atoms with Crippen molar-refractivity contribution in [2.45, 2.75) is 20.5 Å². The van der Waals surface area contributed by atoms with E-state index in [4.69, 9.17) is 21.1 Å². The predicted octanol–water partition coefficient (Wildman–Crippen LogP) is 5.12. The molecule has 0 saturated carbocycles. The SMILES string of the molecule is CCOc1ccc(NC(=O)Nc2nnc(COc3ccc(Cl)cc3C)s2)cc1. The number of ether oxygens (including phenoxy) is 2. The Morgan fingerprint density at radius 1 is 1.11 bits per heavy atom. The van der Waals surface area contributed by atoms with Gasteiger partial charge in [0.2, 0.25) is 5.13 Å². The number of urea groups is 1. The number of halogens is 1. The standard InChI is InChI=1S/C19H19ClN4O3S/c1-3-26-15-7-5-14(6-8-15)21-18(25)22-19-24-23-17(28-19)11-27-16-9-4-13(20)10-12(16)2/h4-10H,3,11H2,1-2H3,(H2,21,22,24,25). The molecule has 2 N–H and O–H groups in total. The Labute approximate surface area is 171 Å². The van der Waals surface area contributed by atoms with E-state index in [0.29, 0.717) is 27.5 Å². The molecule has 0 radical (unpaired) electrons. The van der Waals surface area contributed by atoms with Crippen LogP contribution in [0, 0.1) is 6.92 Å². The molecule has 2 aromatic carbocycles. The Kier molecular flexibility index (Phi) is 6.67. The van der Waals surface area contributed by atoms with Gasteiger partial charge >= 0.3 is 6.03 Å². The van der Waals surface area contributed by atoms with Crippen molar-refractivity contribution in [2.24, 2.45) is 0 Å². The van der Waals surface area contributed by atoms with Crippen LogP contribution in [0.1, 0.15) is 17.5 Å². The molecule has 2 amide bonds. The van der Waals surface area contributed by atoms with Gasteiger partial charge in [-0.25, -0.2) is 4.79 Å². The van der Waals surface area contributed by atoms with E-state index in [-0.39, 0.29) is 6.61 Å². The lowest BCUT2D eigenvalue weighted by molar-refractivity contribution is 0.262. The van der Waals surface area contributed by atoms with Crippen molar-refractivity contribution in [3.63, 3.8) is 0 Å². The van der Waals surface area contributed by atoms with E-state index in [0.717, 1.165) is 17.1 Å². The summed E-state index contributed by atoms with van der Waals surface area (Å²) < 4.78 is 11.1. The number of nitrogens with one attached hydrogen (secondary N) is 2. The van der Waals surface area contributed by atoms with E-state index in [1.165, 1.54) is 11.3 Å². The molecule has 0 spiro atoms. The van der Waals surface area contributed by atoms with Gasteiger partial charge < -0.3 is 14.8 Å². The van der Waals surface area contributed by atoms with Gasteiger partial charge in [0.25, 0.3) is 0 Å². The van der Waals surface area contributed by atoms with Crippen LogP contribution in [-0.2, 0) is 6.61 Å². The van der Waals surface area contributed by atoms with Crippen LogP contribution >= 0.6 is 22.9 Å². The summed E-state index contributed by atoms with van der Waals surface area (Å²) in [5.74, 6) is 1.47. The highest BCUT2D eigenvalue weighted by atomic mass is 35.5. The molecule has 3 rings (SSSR count). The Morgan fingerprint density at radius 2 is 1.89 bits per heavy atom. The molecule has 28 heavy (non-hydrogen) atoms. The number of hydrogen-bond acceptors (Lipinski definition) is 6. The van der Waals surface area contributed by atoms with Crippen LogP contribution in [0.2, 0.25) is 5.02 Å². The zero-order valence-electron chi connectivity index (χ0n) is 15.4. The first-order chi connectivity index (χ1) is 13.5. The Balaban J connectivity index is 1.51. The number of anilines is 2. The Morgan fingerprint density at radius 3 is 2.61 bits per heavy atom. The fourth-order valence-corrected chi connectivity index (χ4v) is 3.21. The van der Waals surface area contributed by atoms with E-state index in [1.807, 2.05) is 26.0 Å². The van der Waals surface area contributed by atoms with E-state index in [2.05, 4.69) is 20.8 Å². The predicted molar refractivity (Wildman–Crippen MR) is 111 cm³/mol. The molecular formula is C19H19ClN4O3S. The summed E-state index contributed by atoms with van der Waals surface area (Å²) in [5, 5.41) is 15.1. The minimum absolute atomic E-state index is 0.252. The van der Waals surface area contributed by atoms with Crippen molar-refractivity contribution in [1.82, 2.24) is 10.2 Å². The number of carbonyl (C=O) groups is 1. The van der Waals surface area contributed by atoms with Gasteiger partial charge in [0, 0.05) is 10.7 Å². The lowest BCUT2D eigenvalue weighted by Crippen LogP contribution is -2.19. The monoisotopic (exact) mass is 418 g/mol. The lowest BCUT2D eigenvalue weighted by atomic mass is 10.2. The van der Waals surface area contributed by atoms with Crippen molar-refractivity contribution >= 4 is 39.8 Å². The fourth-order valence-electron chi connectivity index (χ4n) is 2.34. The molecule has 7 nitrogen and oxygen atoms in total. The average molecular weight is 419 g/mol. The van der Waals surface area contributed by atoms with Gasteiger partial charge in [-0.2, -0.15) is 0 Å². The van der Waals surface area contributed by atoms with Crippen molar-refractivity contribution in [1.29, 1.82) is 0 Å². The highest BCUT2D eigenvalue weighted by molar-refractivity contribution is 7.15. The average Bonchev–Trinajstić information content (AvgIpc) is 3.10. The molecule has 0 aliphatic heterocycles. The summed E-state index contributed by atoms with van der Waals surface area (Å²) in [4.78, 5) is 12.1. The zero-order valence-corrected chi connectivity index (χ0v) is 16.9. The van der Waals surface area contributed by atoms with Gasteiger partial charge in [0.05, 0.1) is 6.61 Å². The molecule has 146 valence electrons. The summed E-state index contributed by atoms with van der Waals surface area (Å²) >= 11 is 7.18. The van der Waals surface area contributed by atoms with Gasteiger partial charge in [-0.05, 0) is 61.9 Å². The maximum Gasteiger partial charge on any atom is 0.325 e. The van der Waals surface area contributed by atoms with E-state index < -0.39 is 6.03 Å². The molecule has 3 aromatic rings. The third kappa shape index (κ3) is 5.58. The lowest BCUT2D eigenvalue weighted by Gasteiger charge is -2.07. The van der Waals surface area contributed by atoms with Gasteiger partial charge in [-0.15, -0.1) is 10.2 Å². The van der Waals surface area contributed by atoms with E-state index in [1.54, 1.807) is 30.3 Å². The van der Waals surface area contributed by atoms with Crippen molar-refractivity contribution in [3.8, 4) is 11.5 Å². The Bertz CT molecular complexity index is 947. The first-order valence-corrected chi connectivity index (χ1v) is 9.75. The van der Waals surface area contributed by atoms with Gasteiger partial charge in [0.15, 0.2) is 5.01 Å². The number of hydrogen-bond donors (Lipinski definition) is 2. The maximum atomic E-state index is 12.1. The highest BCUT2D eigenvalue weighted by Crippen LogP contribution is 2.24. The summed E-state index contributed by atoms with van der Waals surface area (Å²) in [6.45, 7) is 4.67. The number of aryl methyl sites for hydroxylation is 1. The first-order valence-electron chi connectivity index (χ1n) is 8.55. The Hall–Kier alpha value is -2.84. The van der Waals surface area contributed by atoms with Crippen LogP contribution < -0.4 is 20.1 Å². The van der Waals surface area contributed by atoms with E-state index >= 15 is 0 Å². The molecule has 0 unspecified atom stereocenters. The molecule has 9 heteroatoms. The molecule has 1 heterocycles. The maximum absolute atomic E-state index is 12.1. The summed E-state index contributed by atoms with van der Waals surface area (Å²) in [7, 11) is 0. The smallest absolute Gasteiger partial charge is 0.325 e. The van der Waals surface area contributed by atoms with Crippen LogP contribution in [0.3, 0.4) is 0 Å². The largest absolute Gasteiger partial charge is 0.494 e. The number of carbonyl (C=O) groups excluding carboxylic acids is 1. The number of amides is 2. The number of nitrogens with zero attached hydrogens (tertiary/aromatic N) is 2. The second kappa shape index (κ2) is 9.38. The van der Waals surface area contributed by atoms with Crippen LogP contribution in [0.15, 0.2) is 42.5 Å². The molecule has 0 aliphatic rings. The molecule has 1 aromatic heterocycles. The fraction of sp³-hybridized carbons (Fsp3) is 0.211. The van der Waals surface area contributed by atoms with Gasteiger partial charge in [-0.3, -0.25) is 5.32 Å². The third-order valence-corrected chi connectivity index (χ3v) is 4.65. The molecule has 0 atom stereocenters. The summed E-state index contributed by atoms with van der Waals surface area (Å²) in [6, 6.07) is 12.1. The number of benzene rings is 2. The minimum atomic E-state index is -0.402. The number of rotatable bonds is 7. The van der Waals surface area contributed by atoms with Crippen LogP contribution in [0.5, 0.6) is 11.5 Å². The first kappa shape index (κ1) is 19.9. The molecule has 0 fully saturated rings. The van der Waals surface area contributed by atoms with Gasteiger partial charge in [-0.1, -0.05) is 22.9 Å².